The van der Waals surface area contributed by atoms with Gasteiger partial charge in [0, 0.05) is 11.6 Å². The average Bonchev–Trinajstić information content (AvgIpc) is 3.51. The fourth-order valence-electron chi connectivity index (χ4n) is 4.26. The molecule has 0 aliphatic carbocycles. The van der Waals surface area contributed by atoms with Crippen molar-refractivity contribution in [3.05, 3.63) is 82.9 Å². The molecular weight excluding hydrogens is 436 g/mol. The Hall–Kier alpha value is -3.45. The zero-order chi connectivity index (χ0) is 23.3. The maximum absolute atomic E-state index is 13.8. The summed E-state index contributed by atoms with van der Waals surface area (Å²) in [7, 11) is 0. The van der Waals surface area contributed by atoms with Crippen molar-refractivity contribution >= 4 is 28.5 Å². The monoisotopic (exact) mass is 460 g/mol. The molecule has 7 nitrogen and oxygen atoms in total. The molecule has 8 heteroatoms. The lowest BCUT2D eigenvalue weighted by atomic mass is 9.87. The van der Waals surface area contributed by atoms with Crippen LogP contribution in [0, 0.1) is 0 Å². The summed E-state index contributed by atoms with van der Waals surface area (Å²) in [6.07, 6.45) is 3.79. The molecule has 1 amide bonds. The summed E-state index contributed by atoms with van der Waals surface area (Å²) >= 11 is 6.26. The molecule has 1 unspecified atom stereocenters. The smallest absolute Gasteiger partial charge is 0.257 e. The van der Waals surface area contributed by atoms with Gasteiger partial charge < -0.3 is 9.88 Å². The number of nitrogens with one attached hydrogen (secondary N) is 1. The Bertz CT molecular complexity index is 1370. The maximum Gasteiger partial charge on any atom is 0.257 e. The number of aromatic nitrogens is 5. The van der Waals surface area contributed by atoms with Crippen molar-refractivity contribution in [3.8, 4) is 5.69 Å². The first-order valence-corrected chi connectivity index (χ1v) is 11.2. The zero-order valence-corrected chi connectivity index (χ0v) is 19.6. The lowest BCUT2D eigenvalue weighted by molar-refractivity contribution is 0.0732. The second-order valence-electron chi connectivity index (χ2n) is 9.49. The number of H-pyrrole nitrogens is 1. The van der Waals surface area contributed by atoms with Gasteiger partial charge in [0.05, 0.1) is 40.7 Å². The van der Waals surface area contributed by atoms with Crippen LogP contribution in [0.15, 0.2) is 60.9 Å². The summed E-state index contributed by atoms with van der Waals surface area (Å²) in [6.45, 7) is 11.2. The van der Waals surface area contributed by atoms with E-state index in [1.54, 1.807) is 35.5 Å². The number of amides is 1. The molecule has 1 N–H and O–H groups in total. The molecule has 1 atom stereocenters. The standard InChI is InChI=1S/C25H25ClN6O/c1-15-11-22(23-29-19-7-5-16(25(2,3)4)12-20(19)30-23)31(14-15)24(33)18-13-17(26)6-8-21(18)32-27-9-10-28-32/h5-10,12-13,22H,1,11,14H2,2-4H3,(H,29,30). The van der Waals surface area contributed by atoms with Crippen molar-refractivity contribution in [2.24, 2.45) is 0 Å². The van der Waals surface area contributed by atoms with Crippen molar-refractivity contribution < 1.29 is 4.79 Å². The molecule has 0 spiro atoms. The molecule has 0 radical (unpaired) electrons. The van der Waals surface area contributed by atoms with Crippen LogP contribution < -0.4 is 0 Å². The van der Waals surface area contributed by atoms with Crippen LogP contribution in [0.1, 0.15) is 55.0 Å². The van der Waals surface area contributed by atoms with Gasteiger partial charge in [-0.25, -0.2) is 4.98 Å². The third-order valence-electron chi connectivity index (χ3n) is 6.02. The second-order valence-corrected chi connectivity index (χ2v) is 9.92. The van der Waals surface area contributed by atoms with Gasteiger partial charge >= 0.3 is 0 Å². The Morgan fingerprint density at radius 2 is 1.91 bits per heavy atom. The molecular formula is C25H25ClN6O. The molecule has 168 valence electrons. The summed E-state index contributed by atoms with van der Waals surface area (Å²) in [6, 6.07) is 11.2. The number of carbonyl (C=O) groups excluding carboxylic acids is 1. The van der Waals surface area contributed by atoms with Gasteiger partial charge in [0.1, 0.15) is 5.82 Å². The molecule has 33 heavy (non-hydrogen) atoms. The minimum absolute atomic E-state index is 0.0343. The van der Waals surface area contributed by atoms with E-state index in [0.717, 1.165) is 22.4 Å². The normalized spacial score (nSPS) is 16.7. The summed E-state index contributed by atoms with van der Waals surface area (Å²) in [4.78, 5) is 25.3. The Balaban J connectivity index is 1.54. The molecule has 1 aliphatic rings. The molecule has 2 aromatic heterocycles. The van der Waals surface area contributed by atoms with E-state index in [1.165, 1.54) is 10.4 Å². The highest BCUT2D eigenvalue weighted by Gasteiger charge is 2.36. The van der Waals surface area contributed by atoms with Crippen molar-refractivity contribution in [1.29, 1.82) is 0 Å². The number of imidazole rings is 1. The Kier molecular flexibility index (Phi) is 5.09. The number of fused-ring (bicyclic) bond motifs is 1. The second kappa shape index (κ2) is 7.85. The molecule has 0 saturated carbocycles. The molecule has 1 aliphatic heterocycles. The van der Waals surface area contributed by atoms with E-state index >= 15 is 0 Å². The van der Waals surface area contributed by atoms with Gasteiger partial charge in [-0.3, -0.25) is 4.79 Å². The van der Waals surface area contributed by atoms with E-state index in [4.69, 9.17) is 16.6 Å². The highest BCUT2D eigenvalue weighted by atomic mass is 35.5. The van der Waals surface area contributed by atoms with E-state index in [1.807, 2.05) is 6.07 Å². The third-order valence-corrected chi connectivity index (χ3v) is 6.25. The van der Waals surface area contributed by atoms with Crippen molar-refractivity contribution in [2.45, 2.75) is 38.6 Å². The van der Waals surface area contributed by atoms with Crippen molar-refractivity contribution in [1.82, 2.24) is 29.9 Å². The average molecular weight is 461 g/mol. The molecule has 0 bridgehead atoms. The van der Waals surface area contributed by atoms with Gasteiger partial charge in [-0.2, -0.15) is 15.0 Å². The van der Waals surface area contributed by atoms with Gasteiger partial charge in [-0.05, 0) is 47.7 Å². The molecule has 1 fully saturated rings. The number of hydrogen-bond acceptors (Lipinski definition) is 4. The van der Waals surface area contributed by atoms with Gasteiger partial charge in [-0.15, -0.1) is 0 Å². The van der Waals surface area contributed by atoms with Gasteiger partial charge in [-0.1, -0.05) is 50.6 Å². The van der Waals surface area contributed by atoms with Crippen LogP contribution >= 0.6 is 11.6 Å². The summed E-state index contributed by atoms with van der Waals surface area (Å²) in [5.41, 5.74) is 5.09. The number of nitrogens with zero attached hydrogens (tertiary/aromatic N) is 5. The Labute approximate surface area is 197 Å². The Morgan fingerprint density at radius 3 is 2.64 bits per heavy atom. The largest absolute Gasteiger partial charge is 0.340 e. The number of likely N-dealkylation sites (tertiary alicyclic amines) is 1. The molecule has 4 aromatic rings. The maximum atomic E-state index is 13.8. The number of rotatable bonds is 3. The van der Waals surface area contributed by atoms with Crippen LogP contribution in [0.4, 0.5) is 0 Å². The quantitative estimate of drug-likeness (QED) is 0.424. The summed E-state index contributed by atoms with van der Waals surface area (Å²) < 4.78 is 0. The lowest BCUT2D eigenvalue weighted by Gasteiger charge is -2.24. The highest BCUT2D eigenvalue weighted by molar-refractivity contribution is 6.31. The topological polar surface area (TPSA) is 79.7 Å². The van der Waals surface area contributed by atoms with E-state index in [0.29, 0.717) is 29.2 Å². The van der Waals surface area contributed by atoms with Crippen LogP contribution in [-0.2, 0) is 5.41 Å². The molecule has 1 saturated heterocycles. The predicted molar refractivity (Wildman–Crippen MR) is 129 cm³/mol. The lowest BCUT2D eigenvalue weighted by Crippen LogP contribution is -2.32. The van der Waals surface area contributed by atoms with E-state index in [9.17, 15) is 4.79 Å². The van der Waals surface area contributed by atoms with Crippen LogP contribution in [0.5, 0.6) is 0 Å². The van der Waals surface area contributed by atoms with Gasteiger partial charge in [0.25, 0.3) is 5.91 Å². The molecule has 5 rings (SSSR count). The van der Waals surface area contributed by atoms with E-state index in [2.05, 4.69) is 54.7 Å². The number of halogens is 1. The van der Waals surface area contributed by atoms with E-state index < -0.39 is 0 Å². The van der Waals surface area contributed by atoms with Crippen LogP contribution in [-0.4, -0.2) is 42.3 Å². The van der Waals surface area contributed by atoms with Crippen LogP contribution in [0.3, 0.4) is 0 Å². The third kappa shape index (κ3) is 3.93. The van der Waals surface area contributed by atoms with Gasteiger partial charge in [0.15, 0.2) is 0 Å². The number of carbonyl (C=O) groups is 1. The fourth-order valence-corrected chi connectivity index (χ4v) is 4.43. The number of benzene rings is 2. The summed E-state index contributed by atoms with van der Waals surface area (Å²) in [5.74, 6) is 0.591. The van der Waals surface area contributed by atoms with E-state index in [-0.39, 0.29) is 17.4 Å². The first-order chi connectivity index (χ1) is 15.7. The molecule has 2 aromatic carbocycles. The van der Waals surface area contributed by atoms with Gasteiger partial charge in [0.2, 0.25) is 0 Å². The number of hydrogen-bond donors (Lipinski definition) is 1. The first-order valence-electron chi connectivity index (χ1n) is 10.8. The van der Waals surface area contributed by atoms with Crippen LogP contribution in [0.25, 0.3) is 16.7 Å². The zero-order valence-electron chi connectivity index (χ0n) is 18.8. The van der Waals surface area contributed by atoms with Crippen LogP contribution in [0.2, 0.25) is 5.02 Å². The molecule has 3 heterocycles. The highest BCUT2D eigenvalue weighted by Crippen LogP contribution is 2.36. The number of aromatic amines is 1. The summed E-state index contributed by atoms with van der Waals surface area (Å²) in [5, 5.41) is 8.86. The minimum Gasteiger partial charge on any atom is -0.340 e. The fraction of sp³-hybridized carbons (Fsp3) is 0.280. The Morgan fingerprint density at radius 1 is 1.15 bits per heavy atom. The predicted octanol–water partition coefficient (Wildman–Crippen LogP) is 5.24. The first kappa shape index (κ1) is 21.4. The van der Waals surface area contributed by atoms with Crippen molar-refractivity contribution in [2.75, 3.05) is 6.54 Å². The van der Waals surface area contributed by atoms with Crippen molar-refractivity contribution in [3.63, 3.8) is 0 Å². The minimum atomic E-state index is -0.243. The SMILES string of the molecule is C=C1CC(c2nc3ccc(C(C)(C)C)cc3[nH]2)N(C(=O)c2cc(Cl)ccc2-n2nccn2)C1.